The molecule has 0 amide bonds. The zero-order chi connectivity index (χ0) is 81.5. The third-order valence-electron chi connectivity index (χ3n) is 14.9. The Morgan fingerprint density at radius 3 is 1.36 bits per heavy atom. The number of alkyl halides is 3. The molecule has 109 heavy (non-hydrogen) atoms. The molecule has 7 aromatic rings. The fourth-order valence-corrected chi connectivity index (χ4v) is 9.48. The number of nitrogens with one attached hydrogen (secondary N) is 4. The van der Waals surface area contributed by atoms with Gasteiger partial charge in [0.05, 0.1) is 117 Å². The number of carboxylic acid groups (broad SMARTS) is 1. The van der Waals surface area contributed by atoms with E-state index in [9.17, 15) is 48.0 Å². The predicted octanol–water partition coefficient (Wildman–Crippen LogP) is -4.17. The largest absolute Gasteiger partial charge is 1.00 e. The van der Waals surface area contributed by atoms with E-state index in [1.807, 2.05) is 66.1 Å². The molecule has 0 fully saturated rings. The van der Waals surface area contributed by atoms with Gasteiger partial charge in [-0.25, -0.2) is 24.7 Å². The molecule has 597 valence electrons. The number of ether oxygens (including phenoxy) is 6. The minimum absolute atomic E-state index is 0. The standard InChI is InChI=1S/C17H26N4O4.C14H22N4O4.C12H17N3O4.C10H13N3O2.C7H15NO3.C2HF3O2.CN.2CO2.B.Na/c1-5-12(22)14(17(23)25-7-3)18-8-11-9-21(6-2)15-13(11)19-10-20-16(15)24-4;1-3-18-5-9(4-15-10(6-19)11(21)7-20)12-13(18)14(22-2)17-8-16-12;16-4-9(10(18)5-17)13-3-7-1-2-8-11(7)14-6-15-12(8)19;1-4-13-5-7(14-2)8-9(13)10(15-3)12-6-11-8;1-3-5(9)6(8)7(10)11-4-2;3-2(4,5)1(6)7;1-2;2*2-1-3;;/h9-10,12,14,18,22H,5-8H2,1-4H3;5,8,10-11,15,19-21H,3-4,6-7H2,1-2H3;1,6,9-10,13,16-18H,2-5H2,(H,14,15,19);5-6H,4H2,1-3H3;5-6,9H,3-4,8H2,1-2H3;(H,6,7);;;;;/q;;;;;;-1;;;;+1/t12-,14+;10-,11-;9-,10-;;5-,6+;;;;;;/m111.1....../s1. The average Bonchev–Trinajstić information content (AvgIpc) is 1.66. The number of fused-ring (bicyclic) bond motifs is 4. The van der Waals surface area contributed by atoms with E-state index in [4.69, 9.17) is 90.8 Å². The van der Waals surface area contributed by atoms with Crippen molar-refractivity contribution in [2.24, 2.45) is 5.73 Å². The first-order valence-corrected chi connectivity index (χ1v) is 32.5. The summed E-state index contributed by atoms with van der Waals surface area (Å²) in [5.41, 5.74) is 13.9. The number of carbonyl (C=O) groups excluding carboxylic acids is 6. The molecule has 0 bridgehead atoms. The Bertz CT molecular complexity index is 3960. The maximum Gasteiger partial charge on any atom is 1.00 e. The second-order valence-electron chi connectivity index (χ2n) is 21.2. The third-order valence-corrected chi connectivity index (χ3v) is 14.9. The number of aromatic nitrogens is 11. The number of carboxylic acids is 1. The number of aliphatic hydroxyl groups is 8. The van der Waals surface area contributed by atoms with E-state index in [0.29, 0.717) is 74.4 Å². The molecule has 8 rings (SSSR count). The van der Waals surface area contributed by atoms with E-state index >= 15 is 0 Å². The van der Waals surface area contributed by atoms with Crippen LogP contribution in [-0.4, -0.2) is 268 Å². The number of aryl methyl sites for hydroxylation is 3. The first-order valence-electron chi connectivity index (χ1n) is 32.5. The van der Waals surface area contributed by atoms with Crippen molar-refractivity contribution in [2.75, 3.05) is 74.6 Å². The fraction of sp³-hybridized carbons (Fsp3) is 0.538. The van der Waals surface area contributed by atoms with Gasteiger partial charge in [-0.2, -0.15) is 47.3 Å². The van der Waals surface area contributed by atoms with Gasteiger partial charge in [0.1, 0.15) is 64.2 Å². The van der Waals surface area contributed by atoms with Gasteiger partial charge in [0, 0.05) is 83.0 Å². The van der Waals surface area contributed by atoms with Crippen LogP contribution >= 0.6 is 0 Å². The van der Waals surface area contributed by atoms with Crippen molar-refractivity contribution >= 4 is 77.3 Å². The van der Waals surface area contributed by atoms with Crippen LogP contribution in [0, 0.1) is 11.8 Å². The van der Waals surface area contributed by atoms with Crippen molar-refractivity contribution < 1.29 is 151 Å². The van der Waals surface area contributed by atoms with E-state index in [0.717, 1.165) is 75.2 Å². The number of hydrogen-bond acceptors (Lipinski definition) is 34. The predicted molar refractivity (Wildman–Crippen MR) is 374 cm³/mol. The van der Waals surface area contributed by atoms with Crippen LogP contribution in [0.15, 0.2) is 54.8 Å². The molecule has 0 spiro atoms. The van der Waals surface area contributed by atoms with Gasteiger partial charge >= 0.3 is 65.9 Å². The number of aliphatic hydroxyl groups excluding tert-OH is 8. The van der Waals surface area contributed by atoms with Gasteiger partial charge in [-0.1, -0.05) is 19.9 Å². The first-order chi connectivity index (χ1) is 51.1. The normalized spacial score (nSPS) is 12.9. The quantitative estimate of drug-likeness (QED) is 0.0115. The number of halogens is 3. The summed E-state index contributed by atoms with van der Waals surface area (Å²) in [5, 5.41) is 97.0. The summed E-state index contributed by atoms with van der Waals surface area (Å²) in [5.74, 6) is -1.42. The maximum atomic E-state index is 12.1. The Balaban J connectivity index is -0.00000124. The number of nitrogens with two attached hydrogens (primary N) is 1. The van der Waals surface area contributed by atoms with Gasteiger partial charge in [-0.3, -0.25) is 19.7 Å². The van der Waals surface area contributed by atoms with Gasteiger partial charge in [0.2, 0.25) is 17.6 Å². The van der Waals surface area contributed by atoms with Crippen LogP contribution in [0.25, 0.3) is 38.7 Å². The summed E-state index contributed by atoms with van der Waals surface area (Å²) < 4.78 is 68.4. The monoisotopic (exact) mass is 1560 g/mol. The molecule has 15 N–H and O–H groups in total. The van der Waals surface area contributed by atoms with Crippen LogP contribution in [0.2, 0.25) is 0 Å². The second-order valence-corrected chi connectivity index (χ2v) is 21.2. The van der Waals surface area contributed by atoms with Crippen LogP contribution in [0.5, 0.6) is 23.4 Å². The Hall–Kier alpha value is -9.29. The van der Waals surface area contributed by atoms with Gasteiger partial charge < -0.3 is 121 Å². The molecule has 7 heterocycles. The molecule has 0 saturated heterocycles. The third kappa shape index (κ3) is 32.4. The Morgan fingerprint density at radius 1 is 0.606 bits per heavy atom. The number of esters is 2. The summed E-state index contributed by atoms with van der Waals surface area (Å²) in [6, 6.07) is -2.90. The second kappa shape index (κ2) is 56.9. The smallest absolute Gasteiger partial charge is 0.512 e. The Labute approximate surface area is 647 Å². The zero-order valence-corrected chi connectivity index (χ0v) is 64.3. The van der Waals surface area contributed by atoms with Gasteiger partial charge in [-0.05, 0) is 59.5 Å². The fourth-order valence-electron chi connectivity index (χ4n) is 9.48. The molecule has 39 nitrogen and oxygen atoms in total. The van der Waals surface area contributed by atoms with Crippen molar-refractivity contribution in [3.8, 4) is 23.4 Å². The number of allylic oxidation sites excluding steroid dienone is 1. The molecule has 0 aliphatic heterocycles. The zero-order valence-electron chi connectivity index (χ0n) is 62.3. The van der Waals surface area contributed by atoms with E-state index in [-0.39, 0.29) is 75.7 Å². The van der Waals surface area contributed by atoms with Crippen LogP contribution < -0.4 is 75.7 Å². The van der Waals surface area contributed by atoms with Crippen molar-refractivity contribution in [3.63, 3.8) is 0 Å². The summed E-state index contributed by atoms with van der Waals surface area (Å²) in [6.45, 7) is 20.4. The van der Waals surface area contributed by atoms with Crippen LogP contribution in [0.1, 0.15) is 83.7 Å². The van der Waals surface area contributed by atoms with E-state index in [1.165, 1.54) is 25.3 Å². The van der Waals surface area contributed by atoms with Gasteiger partial charge in [0.25, 0.3) is 5.56 Å². The average molecular weight is 1560 g/mol. The minimum Gasteiger partial charge on any atom is -0.512 e. The molecule has 1 aliphatic carbocycles. The number of H-pyrrole nitrogens is 1. The van der Waals surface area contributed by atoms with Crippen molar-refractivity contribution in [2.45, 2.75) is 155 Å². The molecular formula is C65H94BF3N16NaO23. The van der Waals surface area contributed by atoms with Crippen molar-refractivity contribution in [3.05, 3.63) is 89.3 Å². The van der Waals surface area contributed by atoms with Crippen LogP contribution in [0.3, 0.4) is 0 Å². The SMILES string of the molecule is CCOC(=O)[C@@H](N)[C@H](O)CC.CCOC(=O)[C@@H](NCc1cn(CC)c2c(OC)ncnc12)[C@H](O)CC.CCn1cc(CN[C@H](CO)[C@H](O)CO)c2ncnc(OC)c21.CCn1cc(OC)c2ncnc(OC)c21.O=C(O)C(F)(F)F.O=C=O.O=C=O.O=c1[nH]cnc2c1CC=C2CN[C@H](CO)[C@H](O)CO.[B].[C-]#N.[Na+]. The number of hydrogen-bond donors (Lipinski definition) is 14. The topological polar surface area (TPSA) is 581 Å². The number of aliphatic carboxylic acids is 1. The van der Waals surface area contributed by atoms with Crippen LogP contribution in [0.4, 0.5) is 13.2 Å². The Kier molecular flexibility index (Phi) is 54.2. The number of aromatic amines is 1. The molecule has 8 atom stereocenters. The van der Waals surface area contributed by atoms with E-state index in [1.54, 1.807) is 49.2 Å². The maximum absolute atomic E-state index is 12.1. The molecule has 0 saturated carbocycles. The van der Waals surface area contributed by atoms with Gasteiger partial charge in [0.15, 0.2) is 5.75 Å². The summed E-state index contributed by atoms with van der Waals surface area (Å²) >= 11 is 0. The molecule has 0 aromatic carbocycles. The summed E-state index contributed by atoms with van der Waals surface area (Å²) in [4.78, 5) is 108. The summed E-state index contributed by atoms with van der Waals surface area (Å²) in [6.07, 6.45) is 6.60. The number of nitrogens with zero attached hydrogens (tertiary/aromatic N) is 11. The van der Waals surface area contributed by atoms with E-state index in [2.05, 4.69) is 60.6 Å². The molecule has 1 aliphatic rings. The number of rotatable bonds is 30. The van der Waals surface area contributed by atoms with Crippen LogP contribution in [-0.2, 0) is 82.2 Å². The first kappa shape index (κ1) is 104. The molecule has 7 aromatic heterocycles. The number of methoxy groups -OCH3 is 4. The van der Waals surface area contributed by atoms with E-state index < -0.39 is 85.9 Å². The molecule has 3 radical (unpaired) electrons. The minimum atomic E-state index is -5.08. The number of carbonyl (C=O) groups is 3. The molecule has 0 unspecified atom stereocenters. The Morgan fingerprint density at radius 2 is 0.991 bits per heavy atom. The molecule has 44 heteroatoms. The van der Waals surface area contributed by atoms with Crippen molar-refractivity contribution in [1.82, 2.24) is 69.5 Å². The molecular weight excluding hydrogens is 1460 g/mol. The van der Waals surface area contributed by atoms with Gasteiger partial charge in [-0.15, -0.1) is 0 Å². The summed E-state index contributed by atoms with van der Waals surface area (Å²) in [7, 11) is 6.36. The van der Waals surface area contributed by atoms with Crippen molar-refractivity contribution in [1.29, 1.82) is 5.26 Å².